The summed E-state index contributed by atoms with van der Waals surface area (Å²) in [5.41, 5.74) is 1.01. The first-order valence-electron chi connectivity index (χ1n) is 9.64. The average molecular weight is 375 g/mol. The summed E-state index contributed by atoms with van der Waals surface area (Å²) in [6.45, 7) is 6.11. The van der Waals surface area contributed by atoms with Crippen LogP contribution in [0, 0.1) is 5.92 Å². The van der Waals surface area contributed by atoms with Crippen molar-refractivity contribution in [3.8, 4) is 5.75 Å². The third-order valence-electron chi connectivity index (χ3n) is 5.15. The van der Waals surface area contributed by atoms with Crippen molar-refractivity contribution < 1.29 is 19.1 Å². The molecule has 1 aromatic carbocycles. The number of methoxy groups -OCH3 is 1. The van der Waals surface area contributed by atoms with Crippen LogP contribution in [0.25, 0.3) is 0 Å². The molecule has 1 aromatic rings. The number of ether oxygens (including phenoxy) is 2. The molecule has 1 unspecified atom stereocenters. The summed E-state index contributed by atoms with van der Waals surface area (Å²) < 4.78 is 10.6. The second-order valence-corrected chi connectivity index (χ2v) is 7.13. The van der Waals surface area contributed by atoms with Gasteiger partial charge in [-0.1, -0.05) is 12.1 Å². The molecule has 0 saturated carbocycles. The number of carbonyl (C=O) groups excluding carboxylic acids is 2. The zero-order valence-electron chi connectivity index (χ0n) is 16.0. The monoisotopic (exact) mass is 375 g/mol. The number of carbonyl (C=O) groups is 2. The van der Waals surface area contributed by atoms with Crippen LogP contribution < -0.4 is 10.1 Å². The molecule has 2 aliphatic rings. The Balaban J connectivity index is 1.40. The molecular formula is C20H29N3O4. The molecular weight excluding hydrogens is 346 g/mol. The molecule has 1 N–H and O–H groups in total. The lowest BCUT2D eigenvalue weighted by Crippen LogP contribution is -2.39. The molecule has 27 heavy (non-hydrogen) atoms. The standard InChI is InChI=1S/C20H29N3O4/c1-26-18-5-2-4-16(12-18)14-23-15-17(13-19(23)24)20(25)21-6-3-7-22-8-10-27-11-9-22/h2,4-5,12,17H,3,6-11,13-15H2,1H3,(H,21,25). The Morgan fingerprint density at radius 2 is 2.15 bits per heavy atom. The molecule has 7 nitrogen and oxygen atoms in total. The highest BCUT2D eigenvalue weighted by atomic mass is 16.5. The molecule has 1 atom stereocenters. The van der Waals surface area contributed by atoms with Gasteiger partial charge in [0.2, 0.25) is 11.8 Å². The number of benzene rings is 1. The molecule has 0 aromatic heterocycles. The predicted molar refractivity (Wildman–Crippen MR) is 101 cm³/mol. The van der Waals surface area contributed by atoms with Crippen molar-refractivity contribution >= 4 is 11.8 Å². The minimum atomic E-state index is -0.258. The highest BCUT2D eigenvalue weighted by Crippen LogP contribution is 2.22. The van der Waals surface area contributed by atoms with Crippen LogP contribution in [0.5, 0.6) is 5.75 Å². The van der Waals surface area contributed by atoms with Gasteiger partial charge >= 0.3 is 0 Å². The molecule has 0 spiro atoms. The van der Waals surface area contributed by atoms with Gasteiger partial charge in [0.15, 0.2) is 0 Å². The molecule has 2 heterocycles. The third kappa shape index (κ3) is 5.68. The maximum atomic E-state index is 12.4. The lowest BCUT2D eigenvalue weighted by atomic mass is 10.1. The topological polar surface area (TPSA) is 71.1 Å². The lowest BCUT2D eigenvalue weighted by Gasteiger charge is -2.26. The van der Waals surface area contributed by atoms with E-state index < -0.39 is 0 Å². The molecule has 7 heteroatoms. The van der Waals surface area contributed by atoms with Gasteiger partial charge in [-0.05, 0) is 30.7 Å². The van der Waals surface area contributed by atoms with E-state index in [0.29, 0.717) is 26.1 Å². The van der Waals surface area contributed by atoms with Gasteiger partial charge in [-0.25, -0.2) is 0 Å². The average Bonchev–Trinajstić information content (AvgIpc) is 3.06. The van der Waals surface area contributed by atoms with Crippen LogP contribution in [0.15, 0.2) is 24.3 Å². The van der Waals surface area contributed by atoms with Crippen molar-refractivity contribution in [1.29, 1.82) is 0 Å². The summed E-state index contributed by atoms with van der Waals surface area (Å²) in [5, 5.41) is 2.99. The second-order valence-electron chi connectivity index (χ2n) is 7.13. The minimum Gasteiger partial charge on any atom is -0.497 e. The maximum absolute atomic E-state index is 12.4. The number of morpholine rings is 1. The number of nitrogens with one attached hydrogen (secondary N) is 1. The number of amides is 2. The van der Waals surface area contributed by atoms with Gasteiger partial charge in [0.1, 0.15) is 5.75 Å². The molecule has 2 amide bonds. The van der Waals surface area contributed by atoms with E-state index in [-0.39, 0.29) is 17.7 Å². The van der Waals surface area contributed by atoms with Gasteiger partial charge in [-0.2, -0.15) is 0 Å². The Morgan fingerprint density at radius 1 is 1.33 bits per heavy atom. The van der Waals surface area contributed by atoms with Gasteiger partial charge < -0.3 is 19.7 Å². The Labute approximate surface area is 160 Å². The number of nitrogens with zero attached hydrogens (tertiary/aromatic N) is 2. The van der Waals surface area contributed by atoms with E-state index in [1.165, 1.54) is 0 Å². The Kier molecular flexibility index (Phi) is 7.06. The number of likely N-dealkylation sites (tertiary alicyclic amines) is 1. The number of rotatable bonds is 8. The van der Waals surface area contributed by atoms with Crippen LogP contribution in [0.2, 0.25) is 0 Å². The van der Waals surface area contributed by atoms with Crippen LogP contribution in [0.1, 0.15) is 18.4 Å². The Hall–Kier alpha value is -2.12. The van der Waals surface area contributed by atoms with Crippen molar-refractivity contribution in [2.75, 3.05) is 53.0 Å². The van der Waals surface area contributed by atoms with Crippen LogP contribution in [0.3, 0.4) is 0 Å². The van der Waals surface area contributed by atoms with Gasteiger partial charge in [0, 0.05) is 39.1 Å². The van der Waals surface area contributed by atoms with E-state index in [9.17, 15) is 9.59 Å². The quantitative estimate of drug-likeness (QED) is 0.683. The molecule has 2 saturated heterocycles. The normalized spacial score (nSPS) is 20.7. The molecule has 0 aliphatic carbocycles. The SMILES string of the molecule is COc1cccc(CN2CC(C(=O)NCCCN3CCOCC3)CC2=O)c1. The Bertz CT molecular complexity index is 646. The molecule has 2 fully saturated rings. The van der Waals surface area contributed by atoms with Crippen LogP contribution in [-0.4, -0.2) is 74.7 Å². The van der Waals surface area contributed by atoms with Crippen molar-refractivity contribution in [2.45, 2.75) is 19.4 Å². The zero-order chi connectivity index (χ0) is 19.1. The van der Waals surface area contributed by atoms with E-state index in [2.05, 4.69) is 10.2 Å². The molecule has 3 rings (SSSR count). The van der Waals surface area contributed by atoms with Gasteiger partial charge in [-0.15, -0.1) is 0 Å². The van der Waals surface area contributed by atoms with E-state index in [1.54, 1.807) is 12.0 Å². The van der Waals surface area contributed by atoms with E-state index in [4.69, 9.17) is 9.47 Å². The highest BCUT2D eigenvalue weighted by molar-refractivity contribution is 5.89. The molecule has 0 radical (unpaired) electrons. The van der Waals surface area contributed by atoms with E-state index in [1.807, 2.05) is 24.3 Å². The summed E-state index contributed by atoms with van der Waals surface area (Å²) in [6.07, 6.45) is 1.21. The van der Waals surface area contributed by atoms with Crippen molar-refractivity contribution in [2.24, 2.45) is 5.92 Å². The van der Waals surface area contributed by atoms with E-state index in [0.717, 1.165) is 50.6 Å². The smallest absolute Gasteiger partial charge is 0.225 e. The zero-order valence-corrected chi connectivity index (χ0v) is 16.0. The molecule has 0 bridgehead atoms. The largest absolute Gasteiger partial charge is 0.497 e. The third-order valence-corrected chi connectivity index (χ3v) is 5.15. The maximum Gasteiger partial charge on any atom is 0.225 e. The number of hydrogen-bond acceptors (Lipinski definition) is 5. The first-order valence-corrected chi connectivity index (χ1v) is 9.64. The summed E-state index contributed by atoms with van der Waals surface area (Å²) in [5.74, 6) is 0.532. The van der Waals surface area contributed by atoms with Crippen molar-refractivity contribution in [1.82, 2.24) is 15.1 Å². The summed E-state index contributed by atoms with van der Waals surface area (Å²) in [4.78, 5) is 28.8. The highest BCUT2D eigenvalue weighted by Gasteiger charge is 2.34. The molecule has 2 aliphatic heterocycles. The first kappa shape index (κ1) is 19.6. The van der Waals surface area contributed by atoms with Crippen LogP contribution in [-0.2, 0) is 20.9 Å². The summed E-state index contributed by atoms with van der Waals surface area (Å²) >= 11 is 0. The fourth-order valence-electron chi connectivity index (χ4n) is 3.58. The van der Waals surface area contributed by atoms with Crippen LogP contribution in [0.4, 0.5) is 0 Å². The Morgan fingerprint density at radius 3 is 2.93 bits per heavy atom. The van der Waals surface area contributed by atoms with Crippen molar-refractivity contribution in [3.63, 3.8) is 0 Å². The number of hydrogen-bond donors (Lipinski definition) is 1. The fourth-order valence-corrected chi connectivity index (χ4v) is 3.58. The van der Waals surface area contributed by atoms with Gasteiger partial charge in [0.05, 0.1) is 26.2 Å². The van der Waals surface area contributed by atoms with Gasteiger partial charge in [-0.3, -0.25) is 14.5 Å². The lowest BCUT2D eigenvalue weighted by molar-refractivity contribution is -0.129. The summed E-state index contributed by atoms with van der Waals surface area (Å²) in [6, 6.07) is 7.68. The molecule has 148 valence electrons. The van der Waals surface area contributed by atoms with Crippen molar-refractivity contribution in [3.05, 3.63) is 29.8 Å². The first-order chi connectivity index (χ1) is 13.2. The fraction of sp³-hybridized carbons (Fsp3) is 0.600. The second kappa shape index (κ2) is 9.71. The van der Waals surface area contributed by atoms with E-state index >= 15 is 0 Å². The minimum absolute atomic E-state index is 0.0153. The van der Waals surface area contributed by atoms with Crippen LogP contribution >= 0.6 is 0 Å². The van der Waals surface area contributed by atoms with Gasteiger partial charge in [0.25, 0.3) is 0 Å². The summed E-state index contributed by atoms with van der Waals surface area (Å²) in [7, 11) is 1.62. The predicted octanol–water partition coefficient (Wildman–Crippen LogP) is 0.882.